The van der Waals surface area contributed by atoms with Crippen molar-refractivity contribution in [2.75, 3.05) is 33.9 Å². The number of hydrogen-bond acceptors (Lipinski definition) is 5. The van der Waals surface area contributed by atoms with E-state index in [1.807, 2.05) is 30.3 Å². The van der Waals surface area contributed by atoms with Gasteiger partial charge in [0.25, 0.3) is 0 Å². The normalized spacial score (nSPS) is 18.7. The van der Waals surface area contributed by atoms with E-state index in [2.05, 4.69) is 35.8 Å². The van der Waals surface area contributed by atoms with Crippen LogP contribution in [-0.2, 0) is 27.1 Å². The maximum atomic E-state index is 14.0. The van der Waals surface area contributed by atoms with Gasteiger partial charge in [0.15, 0.2) is 0 Å². The Morgan fingerprint density at radius 1 is 1.21 bits per heavy atom. The fourth-order valence-corrected chi connectivity index (χ4v) is 5.80. The molecule has 1 heterocycles. The molecule has 1 aromatic heterocycles. The molecule has 0 saturated heterocycles. The molecule has 2 aromatic carbocycles. The summed E-state index contributed by atoms with van der Waals surface area (Å²) < 4.78 is 25.3. The number of rotatable bonds is 11. The van der Waals surface area contributed by atoms with Crippen molar-refractivity contribution in [2.45, 2.75) is 57.5 Å². The first kappa shape index (κ1) is 32.0. The maximum Gasteiger partial charge on any atom is 0.332 e. The SMILES string of the molecule is COCC(=O)OC1(CCN(C)CCCc2nc3ccccc3[nH]2)CCc2cc(F)ccc2C1C(C)C.Cl.Cl. The number of aromatic nitrogens is 2. The van der Waals surface area contributed by atoms with Crippen molar-refractivity contribution < 1.29 is 18.7 Å². The van der Waals surface area contributed by atoms with Crippen molar-refractivity contribution >= 4 is 41.8 Å². The first-order valence-corrected chi connectivity index (χ1v) is 12.9. The standard InChI is InChI=1S/C29H38FN3O3.2ClH/c1-20(2)28-23-12-11-22(30)18-21(23)13-14-29(28,36-27(34)19-35-4)15-17-33(3)16-7-10-26-31-24-8-5-6-9-25(24)32-26;;/h5-6,8-9,11-12,18,20,28H,7,10,13-17,19H2,1-4H3,(H,31,32);2*1H. The number of carbonyl (C=O) groups is 1. The van der Waals surface area contributed by atoms with Gasteiger partial charge in [0.05, 0.1) is 11.0 Å². The number of aromatic amines is 1. The van der Waals surface area contributed by atoms with Gasteiger partial charge in [-0.2, -0.15) is 0 Å². The minimum absolute atomic E-state index is 0. The van der Waals surface area contributed by atoms with Gasteiger partial charge in [0.1, 0.15) is 23.8 Å². The van der Waals surface area contributed by atoms with Crippen LogP contribution in [0, 0.1) is 11.7 Å². The van der Waals surface area contributed by atoms with Crippen LogP contribution in [0.4, 0.5) is 4.39 Å². The Morgan fingerprint density at radius 2 is 1.97 bits per heavy atom. The number of hydrogen-bond donors (Lipinski definition) is 1. The molecule has 0 fully saturated rings. The van der Waals surface area contributed by atoms with Gasteiger partial charge in [0, 0.05) is 32.4 Å². The third-order valence-electron chi connectivity index (χ3n) is 7.38. The Balaban J connectivity index is 0.00000253. The lowest BCUT2D eigenvalue weighted by Gasteiger charge is -2.47. The van der Waals surface area contributed by atoms with E-state index >= 15 is 0 Å². The van der Waals surface area contributed by atoms with Crippen molar-refractivity contribution in [1.82, 2.24) is 14.9 Å². The fraction of sp³-hybridized carbons (Fsp3) is 0.517. The van der Waals surface area contributed by atoms with Gasteiger partial charge in [-0.1, -0.05) is 32.0 Å². The van der Waals surface area contributed by atoms with Crippen LogP contribution < -0.4 is 0 Å². The Labute approximate surface area is 237 Å². The van der Waals surface area contributed by atoms with E-state index in [4.69, 9.17) is 9.47 Å². The molecule has 6 nitrogen and oxygen atoms in total. The first-order chi connectivity index (χ1) is 17.3. The molecular formula is C29H40Cl2FN3O3. The zero-order valence-corrected chi connectivity index (χ0v) is 24.3. The molecule has 1 aliphatic carbocycles. The Hall–Kier alpha value is -2.19. The van der Waals surface area contributed by atoms with E-state index in [-0.39, 0.29) is 55.0 Å². The number of nitrogens with one attached hydrogen (secondary N) is 1. The second-order valence-corrected chi connectivity index (χ2v) is 10.4. The van der Waals surface area contributed by atoms with E-state index in [0.29, 0.717) is 19.3 Å². The number of imidazole rings is 1. The molecule has 4 rings (SSSR count). The number of aryl methyl sites for hydroxylation is 2. The molecule has 9 heteroatoms. The largest absolute Gasteiger partial charge is 0.457 e. The number of para-hydroxylation sites is 2. The van der Waals surface area contributed by atoms with Gasteiger partial charge in [-0.15, -0.1) is 24.8 Å². The molecule has 2 unspecified atom stereocenters. The summed E-state index contributed by atoms with van der Waals surface area (Å²) in [6.07, 6.45) is 3.92. The van der Waals surface area contributed by atoms with E-state index in [1.165, 1.54) is 13.2 Å². The molecule has 0 amide bonds. The van der Waals surface area contributed by atoms with Crippen molar-refractivity contribution in [3.8, 4) is 0 Å². The summed E-state index contributed by atoms with van der Waals surface area (Å²) in [5.41, 5.74) is 3.53. The first-order valence-electron chi connectivity index (χ1n) is 12.9. The molecular weight excluding hydrogens is 528 g/mol. The van der Waals surface area contributed by atoms with Gasteiger partial charge in [0.2, 0.25) is 0 Å². The fourth-order valence-electron chi connectivity index (χ4n) is 5.80. The minimum Gasteiger partial charge on any atom is -0.457 e. The lowest BCUT2D eigenvalue weighted by atomic mass is 9.65. The number of benzene rings is 2. The van der Waals surface area contributed by atoms with Crippen LogP contribution >= 0.6 is 24.8 Å². The second-order valence-electron chi connectivity index (χ2n) is 10.4. The number of nitrogens with zero attached hydrogens (tertiary/aromatic N) is 2. The summed E-state index contributed by atoms with van der Waals surface area (Å²) in [6.45, 7) is 5.93. The van der Waals surface area contributed by atoms with Crippen LogP contribution in [0.15, 0.2) is 42.5 Å². The van der Waals surface area contributed by atoms with Crippen molar-refractivity contribution in [2.24, 2.45) is 5.92 Å². The molecule has 210 valence electrons. The topological polar surface area (TPSA) is 67.5 Å². The molecule has 0 aliphatic heterocycles. The molecule has 1 aliphatic rings. The van der Waals surface area contributed by atoms with Crippen LogP contribution in [-0.4, -0.2) is 60.3 Å². The van der Waals surface area contributed by atoms with Crippen LogP contribution in [0.1, 0.15) is 56.0 Å². The van der Waals surface area contributed by atoms with E-state index in [1.54, 1.807) is 6.07 Å². The highest BCUT2D eigenvalue weighted by molar-refractivity contribution is 5.85. The van der Waals surface area contributed by atoms with Gasteiger partial charge in [-0.05, 0) is 74.2 Å². The predicted molar refractivity (Wildman–Crippen MR) is 154 cm³/mol. The number of ether oxygens (including phenoxy) is 2. The number of carbonyl (C=O) groups excluding carboxylic acids is 1. The Bertz CT molecular complexity index is 1160. The molecule has 38 heavy (non-hydrogen) atoms. The molecule has 0 bridgehead atoms. The highest BCUT2D eigenvalue weighted by Crippen LogP contribution is 2.48. The molecule has 0 saturated carbocycles. The summed E-state index contributed by atoms with van der Waals surface area (Å²) in [5.74, 6) is 0.658. The van der Waals surface area contributed by atoms with Crippen LogP contribution in [0.25, 0.3) is 11.0 Å². The van der Waals surface area contributed by atoms with E-state index < -0.39 is 5.60 Å². The van der Waals surface area contributed by atoms with Gasteiger partial charge >= 0.3 is 5.97 Å². The molecule has 0 spiro atoms. The number of esters is 1. The average molecular weight is 569 g/mol. The average Bonchev–Trinajstić information content (AvgIpc) is 3.25. The van der Waals surface area contributed by atoms with E-state index in [9.17, 15) is 9.18 Å². The third kappa shape index (κ3) is 7.47. The second kappa shape index (κ2) is 14.3. The number of fused-ring (bicyclic) bond motifs is 2. The van der Waals surface area contributed by atoms with Crippen LogP contribution in [0.5, 0.6) is 0 Å². The summed E-state index contributed by atoms with van der Waals surface area (Å²) in [6, 6.07) is 13.1. The molecule has 3 aromatic rings. The summed E-state index contributed by atoms with van der Waals surface area (Å²) in [4.78, 5) is 23.0. The highest BCUT2D eigenvalue weighted by atomic mass is 35.5. The predicted octanol–water partition coefficient (Wildman–Crippen LogP) is 6.11. The Kier molecular flexibility index (Phi) is 12.0. The van der Waals surface area contributed by atoms with Crippen LogP contribution in [0.2, 0.25) is 0 Å². The monoisotopic (exact) mass is 567 g/mol. The molecule has 0 radical (unpaired) electrons. The number of methoxy groups -OCH3 is 1. The highest BCUT2D eigenvalue weighted by Gasteiger charge is 2.47. The van der Waals surface area contributed by atoms with Crippen molar-refractivity contribution in [1.29, 1.82) is 0 Å². The summed E-state index contributed by atoms with van der Waals surface area (Å²) in [5, 5.41) is 0. The Morgan fingerprint density at radius 3 is 2.68 bits per heavy atom. The number of halogens is 3. The third-order valence-corrected chi connectivity index (χ3v) is 7.38. The van der Waals surface area contributed by atoms with Crippen molar-refractivity contribution in [3.63, 3.8) is 0 Å². The minimum atomic E-state index is -0.651. The zero-order chi connectivity index (χ0) is 25.7. The van der Waals surface area contributed by atoms with Crippen molar-refractivity contribution in [3.05, 3.63) is 65.2 Å². The summed E-state index contributed by atoms with van der Waals surface area (Å²) >= 11 is 0. The lowest BCUT2D eigenvalue weighted by Crippen LogP contribution is -2.49. The smallest absolute Gasteiger partial charge is 0.332 e. The lowest BCUT2D eigenvalue weighted by molar-refractivity contribution is -0.172. The van der Waals surface area contributed by atoms with Gasteiger partial charge in [-0.3, -0.25) is 0 Å². The molecule has 2 atom stereocenters. The van der Waals surface area contributed by atoms with E-state index in [0.717, 1.165) is 53.9 Å². The van der Waals surface area contributed by atoms with Crippen LogP contribution in [0.3, 0.4) is 0 Å². The zero-order valence-electron chi connectivity index (χ0n) is 22.7. The van der Waals surface area contributed by atoms with Gasteiger partial charge in [-0.25, -0.2) is 14.2 Å². The molecule has 1 N–H and O–H groups in total. The maximum absolute atomic E-state index is 14.0. The quantitative estimate of drug-likeness (QED) is 0.283. The van der Waals surface area contributed by atoms with Gasteiger partial charge < -0.3 is 19.4 Å². The summed E-state index contributed by atoms with van der Waals surface area (Å²) in [7, 11) is 3.61. The number of H-pyrrole nitrogens is 1.